The topological polar surface area (TPSA) is 57.0 Å². The van der Waals surface area contributed by atoms with E-state index in [0.29, 0.717) is 11.3 Å². The fraction of sp³-hybridized carbons (Fsp3) is 0.308. The van der Waals surface area contributed by atoms with E-state index in [1.165, 1.54) is 0 Å². The number of carbonyl (C=O) groups excluding carboxylic acids is 1. The normalized spacial score (nSPS) is 10.5. The lowest BCUT2D eigenvalue weighted by atomic mass is 10.1. The molecule has 0 aliphatic carbocycles. The van der Waals surface area contributed by atoms with E-state index in [-0.39, 0.29) is 6.61 Å². The molecule has 1 aromatic carbocycles. The summed E-state index contributed by atoms with van der Waals surface area (Å²) in [5.41, 5.74) is 1.42. The Bertz CT molecular complexity index is 623. The van der Waals surface area contributed by atoms with Crippen molar-refractivity contribution in [2.75, 3.05) is 0 Å². The van der Waals surface area contributed by atoms with Crippen LogP contribution >= 0.6 is 15.9 Å². The van der Waals surface area contributed by atoms with E-state index in [9.17, 15) is 4.79 Å². The Labute approximate surface area is 119 Å². The second-order valence-corrected chi connectivity index (χ2v) is 5.19. The molecule has 0 amide bonds. The van der Waals surface area contributed by atoms with Gasteiger partial charge in [0.25, 0.3) is 0 Å². The maximum atomic E-state index is 11.1. The molecule has 2 aromatic rings. The van der Waals surface area contributed by atoms with Crippen LogP contribution in [0.1, 0.15) is 27.6 Å². The highest BCUT2D eigenvalue weighted by molar-refractivity contribution is 9.10. The number of benzene rings is 1. The molecule has 0 spiro atoms. The van der Waals surface area contributed by atoms with Crippen LogP contribution in [0.25, 0.3) is 0 Å². The maximum Gasteiger partial charge on any atom is 0.170 e. The molecule has 0 fully saturated rings. The summed E-state index contributed by atoms with van der Waals surface area (Å²) in [6.45, 7) is 4.05. The zero-order valence-electron chi connectivity index (χ0n) is 11.0. The van der Waals surface area contributed by atoms with Gasteiger partial charge in [0, 0.05) is 11.5 Å². The number of hydrogen-bond acceptors (Lipinski definition) is 4. The van der Waals surface area contributed by atoms with E-state index in [1.807, 2.05) is 31.5 Å². The van der Waals surface area contributed by atoms with Crippen LogP contribution in [0.2, 0.25) is 0 Å². The van der Waals surface area contributed by atoms with Crippen LogP contribution in [0.15, 0.2) is 16.6 Å². The Hall–Kier alpha value is -1.69. The molecule has 5 nitrogen and oxygen atoms in total. The van der Waals surface area contributed by atoms with Gasteiger partial charge in [-0.2, -0.15) is 0 Å². The van der Waals surface area contributed by atoms with E-state index < -0.39 is 0 Å². The largest absolute Gasteiger partial charge is 0.485 e. The number of aryl methyl sites for hydroxylation is 2. The second-order valence-electron chi connectivity index (χ2n) is 4.27. The molecule has 100 valence electrons. The molecule has 0 bridgehead atoms. The van der Waals surface area contributed by atoms with Crippen LogP contribution < -0.4 is 4.74 Å². The second kappa shape index (κ2) is 5.52. The smallest absolute Gasteiger partial charge is 0.170 e. The van der Waals surface area contributed by atoms with Crippen molar-refractivity contribution in [3.8, 4) is 5.75 Å². The Morgan fingerprint density at radius 3 is 2.68 bits per heavy atom. The number of hydrogen-bond donors (Lipinski definition) is 0. The molecule has 2 rings (SSSR count). The summed E-state index contributed by atoms with van der Waals surface area (Å²) in [4.78, 5) is 11.1. The standard InChI is InChI=1S/C13H14BrN3O2/c1-8-4-11(14)5-10(6-18)13(8)19-7-12-16-15-9(2)17(12)3/h4-6H,7H2,1-3H3. The minimum Gasteiger partial charge on any atom is -0.485 e. The quantitative estimate of drug-likeness (QED) is 0.811. The predicted octanol–water partition coefficient (Wildman–Crippen LogP) is 2.59. The van der Waals surface area contributed by atoms with Crippen molar-refractivity contribution in [3.63, 3.8) is 0 Å². The van der Waals surface area contributed by atoms with E-state index in [0.717, 1.165) is 28.0 Å². The third-order valence-electron chi connectivity index (χ3n) is 2.92. The van der Waals surface area contributed by atoms with Gasteiger partial charge in [-0.1, -0.05) is 15.9 Å². The predicted molar refractivity (Wildman–Crippen MR) is 74.3 cm³/mol. The van der Waals surface area contributed by atoms with Gasteiger partial charge in [0.05, 0.1) is 5.56 Å². The number of rotatable bonds is 4. The van der Waals surface area contributed by atoms with Crippen LogP contribution in [-0.2, 0) is 13.7 Å². The minimum atomic E-state index is 0.278. The molecule has 0 N–H and O–H groups in total. The number of nitrogens with zero attached hydrogens (tertiary/aromatic N) is 3. The van der Waals surface area contributed by atoms with E-state index in [2.05, 4.69) is 26.1 Å². The summed E-state index contributed by atoms with van der Waals surface area (Å²) >= 11 is 3.36. The lowest BCUT2D eigenvalue weighted by Gasteiger charge is -2.11. The fourth-order valence-corrected chi connectivity index (χ4v) is 2.34. The highest BCUT2D eigenvalue weighted by atomic mass is 79.9. The minimum absolute atomic E-state index is 0.278. The average Bonchev–Trinajstić information content (AvgIpc) is 2.68. The van der Waals surface area contributed by atoms with E-state index >= 15 is 0 Å². The van der Waals surface area contributed by atoms with Crippen LogP contribution in [-0.4, -0.2) is 21.1 Å². The Morgan fingerprint density at radius 1 is 1.37 bits per heavy atom. The highest BCUT2D eigenvalue weighted by Gasteiger charge is 2.11. The first-order valence-electron chi connectivity index (χ1n) is 5.76. The van der Waals surface area contributed by atoms with Crippen molar-refractivity contribution in [1.82, 2.24) is 14.8 Å². The van der Waals surface area contributed by atoms with Gasteiger partial charge in [0.15, 0.2) is 12.1 Å². The zero-order valence-corrected chi connectivity index (χ0v) is 12.6. The monoisotopic (exact) mass is 323 g/mol. The molecule has 0 saturated heterocycles. The van der Waals surface area contributed by atoms with Crippen molar-refractivity contribution in [3.05, 3.63) is 39.4 Å². The molecular formula is C13H14BrN3O2. The van der Waals surface area contributed by atoms with Crippen LogP contribution in [0, 0.1) is 13.8 Å². The summed E-state index contributed by atoms with van der Waals surface area (Å²) in [6, 6.07) is 3.64. The van der Waals surface area contributed by atoms with E-state index in [1.54, 1.807) is 6.07 Å². The first kappa shape index (κ1) is 13.7. The zero-order chi connectivity index (χ0) is 14.0. The first-order valence-corrected chi connectivity index (χ1v) is 6.55. The van der Waals surface area contributed by atoms with Gasteiger partial charge in [-0.15, -0.1) is 10.2 Å². The third-order valence-corrected chi connectivity index (χ3v) is 3.38. The lowest BCUT2D eigenvalue weighted by Crippen LogP contribution is -2.06. The van der Waals surface area contributed by atoms with Gasteiger partial charge in [-0.25, -0.2) is 0 Å². The van der Waals surface area contributed by atoms with Crippen molar-refractivity contribution in [1.29, 1.82) is 0 Å². The highest BCUT2D eigenvalue weighted by Crippen LogP contribution is 2.27. The molecular weight excluding hydrogens is 310 g/mol. The van der Waals surface area contributed by atoms with Crippen LogP contribution in [0.5, 0.6) is 5.75 Å². The molecule has 0 atom stereocenters. The van der Waals surface area contributed by atoms with E-state index in [4.69, 9.17) is 4.74 Å². The Kier molecular flexibility index (Phi) is 3.99. The van der Waals surface area contributed by atoms with Gasteiger partial charge in [-0.05, 0) is 31.5 Å². The fourth-order valence-electron chi connectivity index (χ4n) is 1.75. The first-order chi connectivity index (χ1) is 9.02. The maximum absolute atomic E-state index is 11.1. The molecule has 19 heavy (non-hydrogen) atoms. The number of ether oxygens (including phenoxy) is 1. The Balaban J connectivity index is 2.24. The van der Waals surface area contributed by atoms with Crippen LogP contribution in [0.4, 0.5) is 0 Å². The number of aromatic nitrogens is 3. The molecule has 0 radical (unpaired) electrons. The summed E-state index contributed by atoms with van der Waals surface area (Å²) in [7, 11) is 1.88. The average molecular weight is 324 g/mol. The Morgan fingerprint density at radius 2 is 2.11 bits per heavy atom. The molecule has 1 aromatic heterocycles. The molecule has 0 aliphatic rings. The SMILES string of the molecule is Cc1cc(Br)cc(C=O)c1OCc1nnc(C)n1C. The van der Waals surface area contributed by atoms with Gasteiger partial charge in [0.2, 0.25) is 0 Å². The molecule has 0 unspecified atom stereocenters. The number of aldehydes is 1. The van der Waals surface area contributed by atoms with Crippen molar-refractivity contribution in [2.45, 2.75) is 20.5 Å². The summed E-state index contributed by atoms with van der Waals surface area (Å²) in [5.74, 6) is 2.12. The van der Waals surface area contributed by atoms with Gasteiger partial charge >= 0.3 is 0 Å². The van der Waals surface area contributed by atoms with Crippen molar-refractivity contribution < 1.29 is 9.53 Å². The summed E-state index contributed by atoms with van der Waals surface area (Å²) in [5, 5.41) is 7.99. The lowest BCUT2D eigenvalue weighted by molar-refractivity contribution is 0.111. The van der Waals surface area contributed by atoms with Gasteiger partial charge in [0.1, 0.15) is 18.2 Å². The van der Waals surface area contributed by atoms with Crippen molar-refractivity contribution in [2.24, 2.45) is 7.05 Å². The molecule has 1 heterocycles. The van der Waals surface area contributed by atoms with Gasteiger partial charge < -0.3 is 9.30 Å². The molecule has 6 heteroatoms. The van der Waals surface area contributed by atoms with Crippen molar-refractivity contribution >= 4 is 22.2 Å². The number of carbonyl (C=O) groups is 1. The molecule has 0 saturated carbocycles. The summed E-state index contributed by atoms with van der Waals surface area (Å²) in [6.07, 6.45) is 0.787. The third kappa shape index (κ3) is 2.84. The summed E-state index contributed by atoms with van der Waals surface area (Å²) < 4.78 is 8.43. The van der Waals surface area contributed by atoms with Crippen LogP contribution in [0.3, 0.4) is 0 Å². The number of halogens is 1. The van der Waals surface area contributed by atoms with Gasteiger partial charge in [-0.3, -0.25) is 4.79 Å². The molecule has 0 aliphatic heterocycles.